The van der Waals surface area contributed by atoms with E-state index < -0.39 is 12.7 Å². The summed E-state index contributed by atoms with van der Waals surface area (Å²) in [5.74, 6) is 2.66. The first-order chi connectivity index (χ1) is 12.4. The molecule has 2 rings (SSSR count). The monoisotopic (exact) mass is 376 g/mol. The zero-order valence-electron chi connectivity index (χ0n) is 16.5. The molecule has 0 saturated carbocycles. The number of hydrogen-bond acceptors (Lipinski definition) is 2. The van der Waals surface area contributed by atoms with Crippen molar-refractivity contribution in [1.29, 1.82) is 0 Å². The molecule has 0 aromatic carbocycles. The molecule has 0 spiro atoms. The fraction of sp³-hybridized carbons (Fsp3) is 0.947. The molecule has 0 aromatic rings. The minimum Gasteiger partial charge on any atom is -0.357 e. The molecule has 0 aromatic heterocycles. The van der Waals surface area contributed by atoms with Gasteiger partial charge in [-0.15, -0.1) is 0 Å². The highest BCUT2D eigenvalue weighted by atomic mass is 19.4. The molecule has 1 N–H and O–H groups in total. The molecule has 0 radical (unpaired) electrons. The molecule has 2 atom stereocenters. The van der Waals surface area contributed by atoms with Crippen LogP contribution < -0.4 is 5.32 Å². The quantitative estimate of drug-likeness (QED) is 0.544. The molecule has 0 amide bonds. The number of hydrogen-bond donors (Lipinski definition) is 1. The Hall–Kier alpha value is -0.980. The van der Waals surface area contributed by atoms with Crippen molar-refractivity contribution in [2.45, 2.75) is 52.6 Å². The molecule has 26 heavy (non-hydrogen) atoms. The number of alkyl halides is 3. The molecular weight excluding hydrogens is 341 g/mol. The van der Waals surface area contributed by atoms with Crippen molar-refractivity contribution in [2.24, 2.45) is 22.7 Å². The summed E-state index contributed by atoms with van der Waals surface area (Å²) in [4.78, 5) is 8.63. The Morgan fingerprint density at radius 1 is 1.12 bits per heavy atom. The number of likely N-dealkylation sites (tertiary alicyclic amines) is 2. The second-order valence-electron chi connectivity index (χ2n) is 7.77. The van der Waals surface area contributed by atoms with Gasteiger partial charge in [-0.1, -0.05) is 26.7 Å². The molecular formula is C19H35F3N4. The minimum absolute atomic E-state index is 0.225. The Morgan fingerprint density at radius 2 is 1.85 bits per heavy atom. The van der Waals surface area contributed by atoms with Crippen LogP contribution in [-0.4, -0.2) is 67.7 Å². The van der Waals surface area contributed by atoms with Gasteiger partial charge in [0.2, 0.25) is 0 Å². The lowest BCUT2D eigenvalue weighted by molar-refractivity contribution is -0.143. The fourth-order valence-corrected chi connectivity index (χ4v) is 4.42. The summed E-state index contributed by atoms with van der Waals surface area (Å²) >= 11 is 0. The Morgan fingerprint density at radius 3 is 2.46 bits per heavy atom. The predicted octanol–water partition coefficient (Wildman–Crippen LogP) is 3.59. The van der Waals surface area contributed by atoms with Crippen molar-refractivity contribution in [3.05, 3.63) is 0 Å². The second-order valence-corrected chi connectivity index (χ2v) is 7.77. The summed E-state index contributed by atoms with van der Waals surface area (Å²) in [6, 6.07) is 0. The van der Waals surface area contributed by atoms with Gasteiger partial charge in [0, 0.05) is 32.7 Å². The first-order valence-corrected chi connectivity index (χ1v) is 10.2. The van der Waals surface area contributed by atoms with Crippen LogP contribution in [0.1, 0.15) is 46.5 Å². The first-order valence-electron chi connectivity index (χ1n) is 10.2. The van der Waals surface area contributed by atoms with E-state index in [9.17, 15) is 13.2 Å². The van der Waals surface area contributed by atoms with Crippen molar-refractivity contribution < 1.29 is 13.2 Å². The molecule has 2 heterocycles. The highest BCUT2D eigenvalue weighted by Crippen LogP contribution is 2.29. The number of aliphatic imine (C=N–C) groups is 1. The fourth-order valence-electron chi connectivity index (χ4n) is 4.42. The van der Waals surface area contributed by atoms with Crippen molar-refractivity contribution in [2.75, 3.05) is 45.8 Å². The van der Waals surface area contributed by atoms with Gasteiger partial charge in [-0.25, -0.2) is 0 Å². The molecule has 0 aliphatic carbocycles. The van der Waals surface area contributed by atoms with Gasteiger partial charge >= 0.3 is 6.18 Å². The average Bonchev–Trinajstić information content (AvgIpc) is 3.21. The number of halogens is 3. The van der Waals surface area contributed by atoms with Crippen LogP contribution in [0.15, 0.2) is 4.99 Å². The molecule has 2 unspecified atom stereocenters. The van der Waals surface area contributed by atoms with Crippen molar-refractivity contribution >= 4 is 5.96 Å². The van der Waals surface area contributed by atoms with Crippen LogP contribution in [0, 0.1) is 17.8 Å². The van der Waals surface area contributed by atoms with E-state index in [1.165, 1.54) is 24.2 Å². The van der Waals surface area contributed by atoms with Crippen LogP contribution in [0.5, 0.6) is 0 Å². The molecule has 4 nitrogen and oxygen atoms in total. The topological polar surface area (TPSA) is 30.9 Å². The van der Waals surface area contributed by atoms with Gasteiger partial charge in [0.1, 0.15) is 0 Å². The van der Waals surface area contributed by atoms with Crippen LogP contribution in [0.2, 0.25) is 0 Å². The van der Waals surface area contributed by atoms with E-state index in [0.29, 0.717) is 19.6 Å². The smallest absolute Gasteiger partial charge is 0.357 e. The molecule has 2 saturated heterocycles. The lowest BCUT2D eigenvalue weighted by Gasteiger charge is -2.24. The predicted molar refractivity (Wildman–Crippen MR) is 100 cm³/mol. The highest BCUT2D eigenvalue weighted by Gasteiger charge is 2.34. The van der Waals surface area contributed by atoms with Crippen LogP contribution in [0.25, 0.3) is 0 Å². The third-order valence-corrected chi connectivity index (χ3v) is 5.85. The zero-order chi connectivity index (χ0) is 19.2. The largest absolute Gasteiger partial charge is 0.401 e. The molecule has 2 fully saturated rings. The summed E-state index contributed by atoms with van der Waals surface area (Å²) in [7, 11) is 0. The zero-order valence-corrected chi connectivity index (χ0v) is 16.5. The minimum atomic E-state index is -4.10. The van der Waals surface area contributed by atoms with Crippen LogP contribution in [0.4, 0.5) is 13.2 Å². The number of rotatable bonds is 7. The second kappa shape index (κ2) is 9.81. The van der Waals surface area contributed by atoms with Crippen molar-refractivity contribution in [3.63, 3.8) is 0 Å². The maximum Gasteiger partial charge on any atom is 0.401 e. The highest BCUT2D eigenvalue weighted by molar-refractivity contribution is 5.80. The van der Waals surface area contributed by atoms with E-state index in [-0.39, 0.29) is 5.92 Å². The van der Waals surface area contributed by atoms with E-state index >= 15 is 0 Å². The van der Waals surface area contributed by atoms with Crippen molar-refractivity contribution in [3.8, 4) is 0 Å². The lowest BCUT2D eigenvalue weighted by Crippen LogP contribution is -2.40. The van der Waals surface area contributed by atoms with E-state index in [4.69, 9.17) is 4.99 Å². The molecule has 0 bridgehead atoms. The van der Waals surface area contributed by atoms with Gasteiger partial charge in [0.25, 0.3) is 0 Å². The van der Waals surface area contributed by atoms with Gasteiger partial charge in [-0.3, -0.25) is 9.89 Å². The first kappa shape index (κ1) is 21.3. The number of guanidine groups is 1. The van der Waals surface area contributed by atoms with E-state index in [1.807, 2.05) is 0 Å². The standard InChI is InChI=1S/C19H35F3N4/c1-4-16(5-2)17-8-10-26(13-17)18(23-6-3)24-11-15-7-9-25(12-15)14-19(20,21)22/h15-17H,4-14H2,1-3H3,(H,23,24). The number of nitrogens with zero attached hydrogens (tertiary/aromatic N) is 3. The number of nitrogens with one attached hydrogen (secondary N) is 1. The van der Waals surface area contributed by atoms with Gasteiger partial charge in [-0.05, 0) is 44.1 Å². The maximum absolute atomic E-state index is 12.5. The normalized spacial score (nSPS) is 25.5. The van der Waals surface area contributed by atoms with E-state index in [2.05, 4.69) is 31.0 Å². The summed E-state index contributed by atoms with van der Waals surface area (Å²) in [6.07, 6.45) is 0.348. The average molecular weight is 377 g/mol. The van der Waals surface area contributed by atoms with Crippen LogP contribution in [-0.2, 0) is 0 Å². The van der Waals surface area contributed by atoms with E-state index in [1.54, 1.807) is 0 Å². The molecule has 7 heteroatoms. The lowest BCUT2D eigenvalue weighted by atomic mass is 9.87. The Labute approximate surface area is 156 Å². The third-order valence-electron chi connectivity index (χ3n) is 5.85. The van der Waals surface area contributed by atoms with Gasteiger partial charge in [0.05, 0.1) is 6.54 Å². The van der Waals surface area contributed by atoms with Crippen LogP contribution in [0.3, 0.4) is 0 Å². The Bertz CT molecular complexity index is 449. The SMILES string of the molecule is CCNC(=NCC1CCN(CC(F)(F)F)C1)N1CCC(C(CC)CC)C1. The maximum atomic E-state index is 12.5. The Balaban J connectivity index is 1.87. The summed E-state index contributed by atoms with van der Waals surface area (Å²) in [6.45, 7) is 10.3. The van der Waals surface area contributed by atoms with Gasteiger partial charge in [-0.2, -0.15) is 13.2 Å². The molecule has 152 valence electrons. The summed E-state index contributed by atoms with van der Waals surface area (Å²) in [5.41, 5.74) is 0. The van der Waals surface area contributed by atoms with Gasteiger partial charge in [0.15, 0.2) is 5.96 Å². The Kier molecular flexibility index (Phi) is 8.05. The van der Waals surface area contributed by atoms with E-state index in [0.717, 1.165) is 43.9 Å². The van der Waals surface area contributed by atoms with Crippen LogP contribution >= 0.6 is 0 Å². The summed E-state index contributed by atoms with van der Waals surface area (Å²) in [5, 5.41) is 3.38. The molecule has 2 aliphatic heterocycles. The third kappa shape index (κ3) is 6.32. The van der Waals surface area contributed by atoms with Gasteiger partial charge < -0.3 is 10.2 Å². The molecule has 2 aliphatic rings. The van der Waals surface area contributed by atoms with Crippen molar-refractivity contribution in [1.82, 2.24) is 15.1 Å². The summed E-state index contributed by atoms with van der Waals surface area (Å²) < 4.78 is 37.6.